The number of rotatable bonds is 21. The molecule has 0 bridgehead atoms. The van der Waals surface area contributed by atoms with Crippen molar-refractivity contribution in [1.29, 1.82) is 0 Å². The van der Waals surface area contributed by atoms with Crippen molar-refractivity contribution in [2.45, 2.75) is 51.8 Å². The fourth-order valence-electron chi connectivity index (χ4n) is 11.6. The lowest BCUT2D eigenvalue weighted by Crippen LogP contribution is -2.49. The van der Waals surface area contributed by atoms with Gasteiger partial charge in [-0.3, -0.25) is 57.4 Å². The Balaban J connectivity index is 0.000000151. The first-order valence-corrected chi connectivity index (χ1v) is 33.0. The SMILES string of the molecule is CCOC(=O)c1c(O)c2ncc(Cc3ccc(F)cc3)c3c2n(c1=O)C=C(C(=O)NC1COC1)O3.CCOC(=O)c1c(OCc2ccccc2)c2ncc(Cc3ccc(F)cc3)c3c2n(c1=O)C=C(C(=O)O)O3.CNC(=O)c1c(O)c2ncc(Cc3ccc(F)cc3)c3c2n(c1=O)C=C(C(=O)NC(CO)CO)O3. The van der Waals surface area contributed by atoms with Gasteiger partial charge in [0.05, 0.1) is 70.3 Å². The second-order valence-electron chi connectivity index (χ2n) is 24.1. The zero-order valence-electron chi connectivity index (χ0n) is 57.1. The van der Waals surface area contributed by atoms with Gasteiger partial charge in [0.25, 0.3) is 34.4 Å². The number of esters is 2. The standard InChI is InChI=1S/C28H21FN2O7.C24H20FN3O7.C23H21FN4O7/c1-2-36-28(35)21-25(37-15-17-6-4-3-5-7-17)22-23-24(38-20(27(33)34)14-31(23)26(21)32)18(13-30-22)12-16-8-10-19(29)11-9-16;1-2-34-24(32)17-20(29)18-19-21(13(8-26-18)7-12-3-5-14(25)6-4-12)35-16(9-28(19)23(17)31)22(30)27-15-10-33-11-15;1-25-22(33)16-19(31)17-18-20(12(7-26-17)6-11-2-4-13(24)5-3-11)35-15(8-28(18)23(16)34)21(32)27-14(9-29)10-30/h3-11,13-14H,2,12,15H2,1H3,(H,33,34);3-6,8-9,15,29H,2,7,10-11H2,1H3,(H,27,30);2-5,7-8,14,29-31H,6,9-10H2,1H3,(H,25,33)(H,27,32). The van der Waals surface area contributed by atoms with E-state index in [0.717, 1.165) is 43.4 Å². The van der Waals surface area contributed by atoms with Gasteiger partial charge in [-0.15, -0.1) is 0 Å². The Morgan fingerprint density at radius 3 is 1.38 bits per heavy atom. The molecule has 14 rings (SSSR count). The Hall–Kier alpha value is -13.5. The highest BCUT2D eigenvalue weighted by molar-refractivity contribution is 6.07. The molecule has 4 aliphatic heterocycles. The molecule has 554 valence electrons. The number of aliphatic hydroxyl groups is 2. The summed E-state index contributed by atoms with van der Waals surface area (Å²) in [6.07, 6.45) is 8.01. The van der Waals surface area contributed by atoms with Crippen LogP contribution in [0.15, 0.2) is 153 Å². The van der Waals surface area contributed by atoms with Crippen molar-refractivity contribution in [2.75, 3.05) is 46.7 Å². The van der Waals surface area contributed by atoms with Crippen LogP contribution in [0, 0.1) is 17.5 Å². The summed E-state index contributed by atoms with van der Waals surface area (Å²) in [4.78, 5) is 128. The minimum Gasteiger partial charge on any atom is -0.505 e. The second-order valence-corrected chi connectivity index (χ2v) is 24.1. The van der Waals surface area contributed by atoms with Crippen molar-refractivity contribution >= 4 is 87.3 Å². The van der Waals surface area contributed by atoms with Crippen LogP contribution in [0.2, 0.25) is 0 Å². The first-order valence-electron chi connectivity index (χ1n) is 33.0. The third-order valence-electron chi connectivity index (χ3n) is 17.0. The molecule has 0 aliphatic carbocycles. The molecule has 108 heavy (non-hydrogen) atoms. The van der Waals surface area contributed by atoms with Gasteiger partial charge in [-0.05, 0) is 72.5 Å². The Bertz CT molecular complexity index is 5590. The van der Waals surface area contributed by atoms with Crippen LogP contribution < -0.4 is 51.6 Å². The maximum Gasteiger partial charge on any atom is 0.373 e. The summed E-state index contributed by atoms with van der Waals surface area (Å²) in [5.74, 6) is -9.16. The van der Waals surface area contributed by atoms with E-state index in [0.29, 0.717) is 41.0 Å². The van der Waals surface area contributed by atoms with E-state index in [1.807, 2.05) is 30.3 Å². The molecule has 0 spiro atoms. The number of nitrogens with one attached hydrogen (secondary N) is 3. The van der Waals surface area contributed by atoms with E-state index in [2.05, 4.69) is 30.9 Å². The predicted octanol–water partition coefficient (Wildman–Crippen LogP) is 5.72. The monoisotopic (exact) mass is 1480 g/mol. The van der Waals surface area contributed by atoms with Crippen molar-refractivity contribution in [3.8, 4) is 34.5 Å². The van der Waals surface area contributed by atoms with Crippen LogP contribution in [0.25, 0.3) is 51.7 Å². The number of hydrogen-bond acceptors (Lipinski definition) is 23. The van der Waals surface area contributed by atoms with E-state index in [-0.39, 0.29) is 113 Å². The summed E-state index contributed by atoms with van der Waals surface area (Å²) in [7, 11) is 1.29. The van der Waals surface area contributed by atoms with Crippen LogP contribution in [0.1, 0.15) is 83.9 Å². The van der Waals surface area contributed by atoms with Gasteiger partial charge in [-0.2, -0.15) is 0 Å². The number of nitrogens with zero attached hydrogens (tertiary/aromatic N) is 6. The highest BCUT2D eigenvalue weighted by atomic mass is 19.1. The van der Waals surface area contributed by atoms with Gasteiger partial charge >= 0.3 is 17.9 Å². The fraction of sp³-hybridized carbons (Fsp3) is 0.200. The smallest absolute Gasteiger partial charge is 0.373 e. The summed E-state index contributed by atoms with van der Waals surface area (Å²) in [6, 6.07) is 25.1. The number of carboxylic acid groups (broad SMARTS) is 1. The summed E-state index contributed by atoms with van der Waals surface area (Å²) in [5.41, 5.74) is 0.132. The molecule has 10 aromatic rings. The van der Waals surface area contributed by atoms with Gasteiger partial charge in [0.15, 0.2) is 45.6 Å². The normalized spacial score (nSPS) is 13.0. The molecule has 0 radical (unpaired) electrons. The number of carboxylic acids is 1. The van der Waals surface area contributed by atoms with Crippen molar-refractivity contribution in [1.82, 2.24) is 44.6 Å². The molecule has 6 aromatic heterocycles. The van der Waals surface area contributed by atoms with E-state index in [1.54, 1.807) is 50.2 Å². The van der Waals surface area contributed by atoms with Crippen LogP contribution in [0.3, 0.4) is 0 Å². The third-order valence-corrected chi connectivity index (χ3v) is 17.0. The average molecular weight is 1480 g/mol. The molecular weight excluding hydrogens is 1420 g/mol. The van der Waals surface area contributed by atoms with E-state index >= 15 is 0 Å². The minimum absolute atomic E-state index is 0.00302. The number of aromatic nitrogens is 6. The van der Waals surface area contributed by atoms with Crippen LogP contribution in [0.5, 0.6) is 34.5 Å². The molecule has 3 amide bonds. The first-order chi connectivity index (χ1) is 52.0. The Morgan fingerprint density at radius 2 is 0.944 bits per heavy atom. The fourth-order valence-corrected chi connectivity index (χ4v) is 11.6. The number of carbonyl (C=O) groups excluding carboxylic acids is 5. The van der Waals surface area contributed by atoms with E-state index in [1.165, 1.54) is 62.0 Å². The number of amides is 3. The first kappa shape index (κ1) is 74.2. The maximum absolute atomic E-state index is 13.6. The van der Waals surface area contributed by atoms with Crippen molar-refractivity contribution in [3.05, 3.63) is 243 Å². The van der Waals surface area contributed by atoms with E-state index in [9.17, 15) is 81.9 Å². The van der Waals surface area contributed by atoms with Crippen molar-refractivity contribution < 1.29 is 101 Å². The van der Waals surface area contributed by atoms with Gasteiger partial charge in [0.2, 0.25) is 17.3 Å². The zero-order valence-corrected chi connectivity index (χ0v) is 57.1. The minimum atomic E-state index is -1.41. The lowest BCUT2D eigenvalue weighted by Gasteiger charge is -2.28. The number of aliphatic carboxylic acids is 1. The highest BCUT2D eigenvalue weighted by Gasteiger charge is 2.36. The average Bonchev–Trinajstić information content (AvgIpc) is 0.741. The topological polar surface area (TPSA) is 409 Å². The van der Waals surface area contributed by atoms with E-state index in [4.69, 9.17) is 33.2 Å². The third kappa shape index (κ3) is 15.1. The number of aromatic hydroxyl groups is 2. The molecule has 30 nitrogen and oxygen atoms in total. The van der Waals surface area contributed by atoms with Crippen molar-refractivity contribution in [3.63, 3.8) is 0 Å². The lowest BCUT2D eigenvalue weighted by atomic mass is 10.0. The number of hydrogen-bond donors (Lipinski definition) is 8. The molecule has 33 heteroatoms. The Kier molecular flexibility index (Phi) is 21.9. The molecular formula is C75H62F3N9O21. The number of aliphatic hydroxyl groups excluding tert-OH is 2. The maximum atomic E-state index is 13.6. The Labute approximate surface area is 606 Å². The predicted molar refractivity (Wildman–Crippen MR) is 376 cm³/mol. The van der Waals surface area contributed by atoms with E-state index < -0.39 is 123 Å². The van der Waals surface area contributed by atoms with Crippen LogP contribution >= 0.6 is 0 Å². The second kappa shape index (κ2) is 31.8. The number of halogens is 3. The molecule has 0 saturated carbocycles. The molecule has 0 unspecified atom stereocenters. The lowest BCUT2D eigenvalue weighted by molar-refractivity contribution is -0.135. The molecule has 1 fully saturated rings. The van der Waals surface area contributed by atoms with Gasteiger partial charge < -0.3 is 74.6 Å². The van der Waals surface area contributed by atoms with Gasteiger partial charge in [-0.25, -0.2) is 27.6 Å². The zero-order chi connectivity index (χ0) is 76.8. The molecule has 10 heterocycles. The largest absolute Gasteiger partial charge is 0.505 e. The van der Waals surface area contributed by atoms with Crippen LogP contribution in [-0.2, 0) is 54.5 Å². The number of pyridine rings is 6. The van der Waals surface area contributed by atoms with Crippen LogP contribution in [0.4, 0.5) is 13.2 Å². The highest BCUT2D eigenvalue weighted by Crippen LogP contribution is 2.42. The van der Waals surface area contributed by atoms with Crippen LogP contribution in [-0.4, -0.2) is 149 Å². The summed E-state index contributed by atoms with van der Waals surface area (Å²) in [5, 5.41) is 57.1. The molecule has 4 aromatic carbocycles. The Morgan fingerprint density at radius 1 is 0.537 bits per heavy atom. The molecule has 4 aliphatic rings. The summed E-state index contributed by atoms with van der Waals surface area (Å²) in [6.45, 7) is 2.79. The van der Waals surface area contributed by atoms with Crippen molar-refractivity contribution in [2.24, 2.45) is 0 Å². The van der Waals surface area contributed by atoms with Gasteiger partial charge in [0.1, 0.15) is 62.7 Å². The molecule has 1 saturated heterocycles. The van der Waals surface area contributed by atoms with Gasteiger partial charge in [0, 0.05) is 61.6 Å². The number of carbonyl (C=O) groups is 6. The van der Waals surface area contributed by atoms with Gasteiger partial charge in [-0.1, -0.05) is 66.7 Å². The molecule has 0 atom stereocenters. The quantitative estimate of drug-likeness (QED) is 0.0398. The number of benzene rings is 4. The summed E-state index contributed by atoms with van der Waals surface area (Å²) < 4.78 is 81.8. The number of ether oxygens (including phenoxy) is 7. The summed E-state index contributed by atoms with van der Waals surface area (Å²) >= 11 is 0. The molecule has 8 N–H and O–H groups in total.